The first-order chi connectivity index (χ1) is 10.7. The van der Waals surface area contributed by atoms with Crippen molar-refractivity contribution < 1.29 is 9.90 Å². The zero-order valence-corrected chi connectivity index (χ0v) is 13.5. The Morgan fingerprint density at radius 3 is 2.59 bits per heavy atom. The predicted molar refractivity (Wildman–Crippen MR) is 88.7 cm³/mol. The number of nitrogens with one attached hydrogen (secondary N) is 1. The molecule has 0 aliphatic heterocycles. The van der Waals surface area contributed by atoms with E-state index >= 15 is 0 Å². The van der Waals surface area contributed by atoms with E-state index in [1.165, 1.54) is 19.3 Å². The third-order valence-electron chi connectivity index (χ3n) is 4.59. The molecule has 4 heteroatoms. The lowest BCUT2D eigenvalue weighted by Crippen LogP contribution is -2.45. The highest BCUT2D eigenvalue weighted by atomic mass is 16.3. The van der Waals surface area contributed by atoms with E-state index in [0.29, 0.717) is 12.5 Å². The standard InChI is InChI=1S/C18H28N2O2/c1-20(16-11-6-3-7-12-16)18(22)19-17(13-8-14-21)15-9-4-2-5-10-15/h2,4-5,9-10,16-17,21H,3,6-8,11-14H2,1H3,(H,19,22). The molecule has 4 nitrogen and oxygen atoms in total. The minimum absolute atomic E-state index is 0.00121. The van der Waals surface area contributed by atoms with Crippen LogP contribution in [0.5, 0.6) is 0 Å². The molecule has 0 saturated heterocycles. The Morgan fingerprint density at radius 2 is 1.95 bits per heavy atom. The molecule has 0 heterocycles. The summed E-state index contributed by atoms with van der Waals surface area (Å²) in [5.74, 6) is 0. The lowest BCUT2D eigenvalue weighted by molar-refractivity contribution is 0.168. The molecule has 22 heavy (non-hydrogen) atoms. The number of urea groups is 1. The second-order valence-corrected chi connectivity index (χ2v) is 6.18. The first-order valence-electron chi connectivity index (χ1n) is 8.41. The summed E-state index contributed by atoms with van der Waals surface area (Å²) in [7, 11) is 1.90. The summed E-state index contributed by atoms with van der Waals surface area (Å²) in [4.78, 5) is 14.4. The lowest BCUT2D eigenvalue weighted by Gasteiger charge is -2.32. The van der Waals surface area contributed by atoms with Gasteiger partial charge in [-0.15, -0.1) is 0 Å². The lowest BCUT2D eigenvalue weighted by atomic mass is 9.94. The SMILES string of the molecule is CN(C(=O)NC(CCCO)c1ccccc1)C1CCCCC1. The highest BCUT2D eigenvalue weighted by Gasteiger charge is 2.24. The Morgan fingerprint density at radius 1 is 1.27 bits per heavy atom. The highest BCUT2D eigenvalue weighted by Crippen LogP contribution is 2.23. The molecule has 0 aromatic heterocycles. The minimum atomic E-state index is -0.0353. The van der Waals surface area contributed by atoms with E-state index in [9.17, 15) is 4.79 Å². The third-order valence-corrected chi connectivity index (χ3v) is 4.59. The van der Waals surface area contributed by atoms with Crippen LogP contribution in [0.25, 0.3) is 0 Å². The van der Waals surface area contributed by atoms with E-state index in [2.05, 4.69) is 5.32 Å². The second kappa shape index (κ2) is 8.79. The van der Waals surface area contributed by atoms with Gasteiger partial charge in [-0.05, 0) is 31.2 Å². The number of aliphatic hydroxyl groups is 1. The van der Waals surface area contributed by atoms with Gasteiger partial charge in [0.25, 0.3) is 0 Å². The molecule has 2 amide bonds. The van der Waals surface area contributed by atoms with Crippen molar-refractivity contribution in [3.8, 4) is 0 Å². The first kappa shape index (κ1) is 16.8. The molecule has 122 valence electrons. The van der Waals surface area contributed by atoms with Crippen LogP contribution in [0.4, 0.5) is 4.79 Å². The molecule has 1 aromatic rings. The van der Waals surface area contributed by atoms with Crippen molar-refractivity contribution in [2.75, 3.05) is 13.7 Å². The average molecular weight is 304 g/mol. The zero-order valence-electron chi connectivity index (χ0n) is 13.5. The summed E-state index contributed by atoms with van der Waals surface area (Å²) in [5, 5.41) is 12.2. The number of aliphatic hydroxyl groups excluding tert-OH is 1. The summed E-state index contributed by atoms with van der Waals surface area (Å²) in [6.07, 6.45) is 7.38. The maximum atomic E-state index is 12.5. The van der Waals surface area contributed by atoms with Crippen molar-refractivity contribution >= 4 is 6.03 Å². The topological polar surface area (TPSA) is 52.6 Å². The van der Waals surface area contributed by atoms with Gasteiger partial charge in [0.05, 0.1) is 6.04 Å². The average Bonchev–Trinajstić information content (AvgIpc) is 2.59. The van der Waals surface area contributed by atoms with Crippen LogP contribution in [0.15, 0.2) is 30.3 Å². The van der Waals surface area contributed by atoms with Crippen LogP contribution in [-0.4, -0.2) is 35.7 Å². The zero-order chi connectivity index (χ0) is 15.8. The van der Waals surface area contributed by atoms with Gasteiger partial charge in [-0.3, -0.25) is 0 Å². The summed E-state index contributed by atoms with van der Waals surface area (Å²) in [6.45, 7) is 0.150. The number of rotatable bonds is 6. The van der Waals surface area contributed by atoms with Crippen LogP contribution in [-0.2, 0) is 0 Å². The van der Waals surface area contributed by atoms with Gasteiger partial charge in [0.15, 0.2) is 0 Å². The number of benzene rings is 1. The third kappa shape index (κ3) is 4.73. The van der Waals surface area contributed by atoms with Crippen molar-refractivity contribution in [3.63, 3.8) is 0 Å². The molecule has 2 N–H and O–H groups in total. The molecule has 0 bridgehead atoms. The molecular formula is C18H28N2O2. The number of nitrogens with zero attached hydrogens (tertiary/aromatic N) is 1. The molecule has 0 radical (unpaired) electrons. The van der Waals surface area contributed by atoms with Gasteiger partial charge in [0, 0.05) is 19.7 Å². The first-order valence-corrected chi connectivity index (χ1v) is 8.41. The molecule has 2 rings (SSSR count). The van der Waals surface area contributed by atoms with Crippen molar-refractivity contribution in [2.24, 2.45) is 0 Å². The van der Waals surface area contributed by atoms with E-state index in [-0.39, 0.29) is 18.7 Å². The Bertz CT molecular complexity index is 444. The monoisotopic (exact) mass is 304 g/mol. The van der Waals surface area contributed by atoms with E-state index < -0.39 is 0 Å². The van der Waals surface area contributed by atoms with E-state index in [4.69, 9.17) is 5.11 Å². The molecule has 0 spiro atoms. The quantitative estimate of drug-likeness (QED) is 0.845. The van der Waals surface area contributed by atoms with Gasteiger partial charge in [-0.25, -0.2) is 4.79 Å². The van der Waals surface area contributed by atoms with E-state index in [1.807, 2.05) is 42.3 Å². The molecular weight excluding hydrogens is 276 g/mol. The van der Waals surface area contributed by atoms with Gasteiger partial charge < -0.3 is 15.3 Å². The Kier molecular flexibility index (Phi) is 6.72. The number of hydrogen-bond donors (Lipinski definition) is 2. The van der Waals surface area contributed by atoms with Crippen molar-refractivity contribution in [3.05, 3.63) is 35.9 Å². The fraction of sp³-hybridized carbons (Fsp3) is 0.611. The molecule has 1 aliphatic carbocycles. The van der Waals surface area contributed by atoms with Gasteiger partial charge in [0.1, 0.15) is 0 Å². The van der Waals surface area contributed by atoms with Crippen LogP contribution in [0.1, 0.15) is 56.6 Å². The van der Waals surface area contributed by atoms with Gasteiger partial charge >= 0.3 is 6.03 Å². The maximum Gasteiger partial charge on any atom is 0.317 e. The molecule has 1 saturated carbocycles. The van der Waals surface area contributed by atoms with E-state index in [0.717, 1.165) is 24.8 Å². The molecule has 1 atom stereocenters. The van der Waals surface area contributed by atoms with Crippen LogP contribution in [0.3, 0.4) is 0 Å². The van der Waals surface area contributed by atoms with Gasteiger partial charge in [-0.1, -0.05) is 49.6 Å². The largest absolute Gasteiger partial charge is 0.396 e. The summed E-state index contributed by atoms with van der Waals surface area (Å²) in [5.41, 5.74) is 1.10. The number of amides is 2. The van der Waals surface area contributed by atoms with Crippen LogP contribution < -0.4 is 5.32 Å². The second-order valence-electron chi connectivity index (χ2n) is 6.18. The Labute approximate surface area is 133 Å². The summed E-state index contributed by atoms with van der Waals surface area (Å²) >= 11 is 0. The van der Waals surface area contributed by atoms with Gasteiger partial charge in [0.2, 0.25) is 0 Å². The Balaban J connectivity index is 1.97. The fourth-order valence-corrected chi connectivity index (χ4v) is 3.19. The molecule has 1 aliphatic rings. The molecule has 1 aromatic carbocycles. The number of carbonyl (C=O) groups excluding carboxylic acids is 1. The highest BCUT2D eigenvalue weighted by molar-refractivity contribution is 5.74. The Hall–Kier alpha value is -1.55. The predicted octanol–water partition coefficient (Wildman–Crippen LogP) is 3.47. The van der Waals surface area contributed by atoms with Crippen LogP contribution >= 0.6 is 0 Å². The smallest absolute Gasteiger partial charge is 0.317 e. The summed E-state index contributed by atoms with van der Waals surface area (Å²) in [6, 6.07) is 10.3. The van der Waals surface area contributed by atoms with Gasteiger partial charge in [-0.2, -0.15) is 0 Å². The number of carbonyl (C=O) groups is 1. The molecule has 1 unspecified atom stereocenters. The minimum Gasteiger partial charge on any atom is -0.396 e. The van der Waals surface area contributed by atoms with Crippen LogP contribution in [0.2, 0.25) is 0 Å². The van der Waals surface area contributed by atoms with Crippen molar-refractivity contribution in [1.29, 1.82) is 0 Å². The maximum absolute atomic E-state index is 12.5. The van der Waals surface area contributed by atoms with Crippen molar-refractivity contribution in [1.82, 2.24) is 10.2 Å². The van der Waals surface area contributed by atoms with Crippen molar-refractivity contribution in [2.45, 2.75) is 57.0 Å². The molecule has 1 fully saturated rings. The number of hydrogen-bond acceptors (Lipinski definition) is 2. The fourth-order valence-electron chi connectivity index (χ4n) is 3.19. The summed E-state index contributed by atoms with van der Waals surface area (Å²) < 4.78 is 0. The van der Waals surface area contributed by atoms with Crippen LogP contribution in [0, 0.1) is 0 Å². The van der Waals surface area contributed by atoms with E-state index in [1.54, 1.807) is 0 Å². The normalized spacial score (nSPS) is 17.0.